The molecule has 2 rings (SSSR count). The van der Waals surface area contributed by atoms with E-state index in [1.54, 1.807) is 25.4 Å². The van der Waals surface area contributed by atoms with Gasteiger partial charge < -0.3 is 25.4 Å². The van der Waals surface area contributed by atoms with Crippen molar-refractivity contribution in [2.24, 2.45) is 0 Å². The van der Waals surface area contributed by atoms with Gasteiger partial charge in [-0.25, -0.2) is 9.78 Å². The number of pyridine rings is 1. The molecule has 154 valence electrons. The third-order valence-electron chi connectivity index (χ3n) is 4.03. The smallest absolute Gasteiger partial charge is 0.315 e. The Balaban J connectivity index is 1.83. The van der Waals surface area contributed by atoms with Gasteiger partial charge in [-0.15, -0.1) is 0 Å². The number of rotatable bonds is 9. The molecule has 0 saturated carbocycles. The highest BCUT2D eigenvalue weighted by Gasteiger charge is 2.13. The standard InChI is InChI=1S/C21H27N5O3/c1-14(2)29-18-8-7-16(12-19(18)28-4)15(3)26-21(27)25-11-10-24-20-17(13-22)6-5-9-23-20/h5-9,12,14-15H,10-11H2,1-4H3,(H,23,24)(H2,25,26,27). The quantitative estimate of drug-likeness (QED) is 0.561. The normalized spacial score (nSPS) is 11.3. The molecule has 0 aliphatic rings. The third kappa shape index (κ3) is 6.57. The van der Waals surface area contributed by atoms with Gasteiger partial charge in [0.05, 0.1) is 24.8 Å². The first-order valence-electron chi connectivity index (χ1n) is 9.42. The Bertz CT molecular complexity index is 864. The van der Waals surface area contributed by atoms with Crippen LogP contribution < -0.4 is 25.4 Å². The molecule has 0 fully saturated rings. The Morgan fingerprint density at radius 3 is 2.69 bits per heavy atom. The zero-order valence-electron chi connectivity index (χ0n) is 17.2. The van der Waals surface area contributed by atoms with Crippen LogP contribution in [0.5, 0.6) is 11.5 Å². The lowest BCUT2D eigenvalue weighted by molar-refractivity contribution is 0.230. The highest BCUT2D eigenvalue weighted by atomic mass is 16.5. The number of carbonyl (C=O) groups is 1. The van der Waals surface area contributed by atoms with Gasteiger partial charge in [0.1, 0.15) is 11.9 Å². The number of nitrogens with one attached hydrogen (secondary N) is 3. The van der Waals surface area contributed by atoms with Gasteiger partial charge in [0.25, 0.3) is 0 Å². The monoisotopic (exact) mass is 397 g/mol. The Morgan fingerprint density at radius 2 is 2.00 bits per heavy atom. The van der Waals surface area contributed by atoms with Crippen molar-refractivity contribution in [1.82, 2.24) is 15.6 Å². The molecule has 8 nitrogen and oxygen atoms in total. The molecular weight excluding hydrogens is 370 g/mol. The van der Waals surface area contributed by atoms with Crippen LogP contribution in [0.15, 0.2) is 36.5 Å². The SMILES string of the molecule is COc1cc(C(C)NC(=O)NCCNc2ncccc2C#N)ccc1OC(C)C. The molecule has 1 aromatic carbocycles. The van der Waals surface area contributed by atoms with E-state index in [4.69, 9.17) is 14.7 Å². The van der Waals surface area contributed by atoms with Crippen molar-refractivity contribution >= 4 is 11.8 Å². The van der Waals surface area contributed by atoms with E-state index in [1.165, 1.54) is 0 Å². The molecule has 0 aliphatic carbocycles. The second-order valence-corrected chi connectivity index (χ2v) is 6.64. The fraction of sp³-hybridized carbons (Fsp3) is 0.381. The minimum Gasteiger partial charge on any atom is -0.493 e. The lowest BCUT2D eigenvalue weighted by Gasteiger charge is -2.18. The maximum Gasteiger partial charge on any atom is 0.315 e. The summed E-state index contributed by atoms with van der Waals surface area (Å²) in [6.07, 6.45) is 1.65. The number of hydrogen-bond acceptors (Lipinski definition) is 6. The van der Waals surface area contributed by atoms with Gasteiger partial charge in [0.15, 0.2) is 11.5 Å². The second-order valence-electron chi connectivity index (χ2n) is 6.64. The van der Waals surface area contributed by atoms with Gasteiger partial charge in [-0.1, -0.05) is 6.07 Å². The van der Waals surface area contributed by atoms with Crippen LogP contribution in [-0.2, 0) is 0 Å². The average molecular weight is 397 g/mol. The largest absolute Gasteiger partial charge is 0.493 e. The molecule has 0 saturated heterocycles. The first-order chi connectivity index (χ1) is 13.9. The fourth-order valence-corrected chi connectivity index (χ4v) is 2.63. The summed E-state index contributed by atoms with van der Waals surface area (Å²) >= 11 is 0. The molecule has 0 spiro atoms. The number of nitrogens with zero attached hydrogens (tertiary/aromatic N) is 2. The molecule has 1 aromatic heterocycles. The number of benzene rings is 1. The van der Waals surface area contributed by atoms with E-state index >= 15 is 0 Å². The fourth-order valence-electron chi connectivity index (χ4n) is 2.63. The first kappa shape index (κ1) is 21.8. The van der Waals surface area contributed by atoms with Crippen LogP contribution in [-0.4, -0.2) is 37.3 Å². The van der Waals surface area contributed by atoms with E-state index in [2.05, 4.69) is 27.0 Å². The van der Waals surface area contributed by atoms with Gasteiger partial charge in [0, 0.05) is 19.3 Å². The number of anilines is 1. The van der Waals surface area contributed by atoms with Crippen LogP contribution in [0.2, 0.25) is 0 Å². The van der Waals surface area contributed by atoms with Crippen LogP contribution in [0.3, 0.4) is 0 Å². The zero-order chi connectivity index (χ0) is 21.2. The maximum atomic E-state index is 12.2. The van der Waals surface area contributed by atoms with Gasteiger partial charge in [-0.2, -0.15) is 5.26 Å². The van der Waals surface area contributed by atoms with E-state index < -0.39 is 0 Å². The van der Waals surface area contributed by atoms with Crippen molar-refractivity contribution in [2.45, 2.75) is 32.9 Å². The first-order valence-corrected chi connectivity index (χ1v) is 9.42. The van der Waals surface area contributed by atoms with Crippen LogP contribution in [0.4, 0.5) is 10.6 Å². The summed E-state index contributed by atoms with van der Waals surface area (Å²) in [4.78, 5) is 16.3. The predicted octanol–water partition coefficient (Wildman–Crippen LogP) is 3.22. The maximum absolute atomic E-state index is 12.2. The number of urea groups is 1. The number of aromatic nitrogens is 1. The van der Waals surface area contributed by atoms with Gasteiger partial charge >= 0.3 is 6.03 Å². The average Bonchev–Trinajstić information content (AvgIpc) is 2.71. The van der Waals surface area contributed by atoms with Crippen LogP contribution >= 0.6 is 0 Å². The van der Waals surface area contributed by atoms with Crippen molar-refractivity contribution in [2.75, 3.05) is 25.5 Å². The summed E-state index contributed by atoms with van der Waals surface area (Å²) in [7, 11) is 1.59. The molecule has 2 aromatic rings. The summed E-state index contributed by atoms with van der Waals surface area (Å²) < 4.78 is 11.1. The van der Waals surface area contributed by atoms with E-state index in [0.29, 0.717) is 36.0 Å². The minimum absolute atomic E-state index is 0.0417. The molecule has 1 atom stereocenters. The van der Waals surface area contributed by atoms with Crippen molar-refractivity contribution in [3.63, 3.8) is 0 Å². The Hall–Kier alpha value is -3.47. The molecule has 0 aliphatic heterocycles. The Kier molecular flexibility index (Phi) is 8.10. The Morgan fingerprint density at radius 1 is 1.21 bits per heavy atom. The van der Waals surface area contributed by atoms with Gasteiger partial charge in [0.2, 0.25) is 0 Å². The predicted molar refractivity (Wildman–Crippen MR) is 111 cm³/mol. The highest BCUT2D eigenvalue weighted by molar-refractivity contribution is 5.74. The molecule has 3 N–H and O–H groups in total. The summed E-state index contributed by atoms with van der Waals surface area (Å²) in [6.45, 7) is 6.62. The lowest BCUT2D eigenvalue weighted by Crippen LogP contribution is -2.39. The molecule has 1 unspecified atom stereocenters. The van der Waals surface area contributed by atoms with Crippen molar-refractivity contribution in [3.05, 3.63) is 47.7 Å². The van der Waals surface area contributed by atoms with E-state index in [-0.39, 0.29) is 18.2 Å². The van der Waals surface area contributed by atoms with E-state index in [1.807, 2.05) is 39.0 Å². The van der Waals surface area contributed by atoms with Crippen molar-refractivity contribution in [1.29, 1.82) is 5.26 Å². The molecule has 29 heavy (non-hydrogen) atoms. The van der Waals surface area contributed by atoms with Crippen molar-refractivity contribution < 1.29 is 14.3 Å². The molecule has 8 heteroatoms. The minimum atomic E-state index is -0.290. The summed E-state index contributed by atoms with van der Waals surface area (Å²) in [5, 5.41) is 17.7. The summed E-state index contributed by atoms with van der Waals surface area (Å²) in [5.41, 5.74) is 1.36. The van der Waals surface area contributed by atoms with E-state index in [9.17, 15) is 4.79 Å². The second kappa shape index (κ2) is 10.8. The number of carbonyl (C=O) groups excluding carboxylic acids is 1. The van der Waals surface area contributed by atoms with Crippen LogP contribution in [0, 0.1) is 11.3 Å². The summed E-state index contributed by atoms with van der Waals surface area (Å²) in [5.74, 6) is 1.79. The molecule has 0 bridgehead atoms. The molecule has 0 radical (unpaired) electrons. The van der Waals surface area contributed by atoms with E-state index in [0.717, 1.165) is 5.56 Å². The number of nitriles is 1. The molecule has 2 amide bonds. The highest BCUT2D eigenvalue weighted by Crippen LogP contribution is 2.31. The van der Waals surface area contributed by atoms with Gasteiger partial charge in [-0.3, -0.25) is 0 Å². The van der Waals surface area contributed by atoms with Crippen LogP contribution in [0.1, 0.15) is 37.9 Å². The summed E-state index contributed by atoms with van der Waals surface area (Å²) in [6, 6.07) is 10.5. The third-order valence-corrected chi connectivity index (χ3v) is 4.03. The van der Waals surface area contributed by atoms with Crippen molar-refractivity contribution in [3.8, 4) is 17.6 Å². The topological polar surface area (TPSA) is 108 Å². The number of amides is 2. The Labute approximate surface area is 171 Å². The number of ether oxygens (including phenoxy) is 2. The lowest BCUT2D eigenvalue weighted by atomic mass is 10.1. The number of hydrogen-bond donors (Lipinski definition) is 3. The molecule has 1 heterocycles. The van der Waals surface area contributed by atoms with Gasteiger partial charge in [-0.05, 0) is 50.6 Å². The molecular formula is C21H27N5O3. The zero-order valence-corrected chi connectivity index (χ0v) is 17.2. The van der Waals surface area contributed by atoms with Crippen LogP contribution in [0.25, 0.3) is 0 Å². The number of methoxy groups -OCH3 is 1.